The number of aryl methyl sites for hydroxylation is 1. The van der Waals surface area contributed by atoms with Crippen LogP contribution in [0.5, 0.6) is 0 Å². The van der Waals surface area contributed by atoms with Gasteiger partial charge in [0.2, 0.25) is 0 Å². The second-order valence-corrected chi connectivity index (χ2v) is 3.76. The Bertz CT molecular complexity index is 276. The standard InChI is InChI=1S/C10H14BrNO/c1-8-3-4-10(9(11)7-8)12-5-6-13-2/h3-4,7,12H,5-6H2,1-2H3. The summed E-state index contributed by atoms with van der Waals surface area (Å²) in [6.07, 6.45) is 0. The number of rotatable bonds is 4. The maximum Gasteiger partial charge on any atom is 0.0635 e. The first kappa shape index (κ1) is 10.5. The predicted octanol–water partition coefficient (Wildman–Crippen LogP) is 2.82. The number of nitrogens with one attached hydrogen (secondary N) is 1. The lowest BCUT2D eigenvalue weighted by atomic mass is 10.2. The number of ether oxygens (including phenoxy) is 1. The molecule has 72 valence electrons. The van der Waals surface area contributed by atoms with Crippen molar-refractivity contribution >= 4 is 21.6 Å². The van der Waals surface area contributed by atoms with Gasteiger partial charge in [0, 0.05) is 23.8 Å². The summed E-state index contributed by atoms with van der Waals surface area (Å²) < 4.78 is 6.05. The zero-order valence-corrected chi connectivity index (χ0v) is 9.52. The molecule has 1 aromatic rings. The van der Waals surface area contributed by atoms with E-state index in [4.69, 9.17) is 4.74 Å². The highest BCUT2D eigenvalue weighted by Crippen LogP contribution is 2.22. The lowest BCUT2D eigenvalue weighted by Gasteiger charge is -2.08. The first-order valence-electron chi connectivity index (χ1n) is 4.23. The van der Waals surface area contributed by atoms with Crippen molar-refractivity contribution in [1.29, 1.82) is 0 Å². The van der Waals surface area contributed by atoms with Gasteiger partial charge in [-0.3, -0.25) is 0 Å². The van der Waals surface area contributed by atoms with Gasteiger partial charge < -0.3 is 10.1 Å². The van der Waals surface area contributed by atoms with Gasteiger partial charge in [-0.15, -0.1) is 0 Å². The predicted molar refractivity (Wildman–Crippen MR) is 59.2 cm³/mol. The zero-order chi connectivity index (χ0) is 9.68. The Kier molecular flexibility index (Phi) is 4.25. The molecule has 0 amide bonds. The maximum absolute atomic E-state index is 4.95. The van der Waals surface area contributed by atoms with E-state index in [1.807, 2.05) is 0 Å². The highest BCUT2D eigenvalue weighted by atomic mass is 79.9. The van der Waals surface area contributed by atoms with Crippen molar-refractivity contribution < 1.29 is 4.74 Å². The van der Waals surface area contributed by atoms with Crippen LogP contribution < -0.4 is 5.32 Å². The molecule has 0 saturated heterocycles. The molecule has 1 aromatic carbocycles. The Hall–Kier alpha value is -0.540. The number of benzene rings is 1. The van der Waals surface area contributed by atoms with Crippen LogP contribution in [-0.2, 0) is 4.74 Å². The molecule has 0 aliphatic heterocycles. The Morgan fingerprint density at radius 3 is 2.85 bits per heavy atom. The highest BCUT2D eigenvalue weighted by molar-refractivity contribution is 9.10. The van der Waals surface area contributed by atoms with Gasteiger partial charge in [0.05, 0.1) is 6.61 Å². The van der Waals surface area contributed by atoms with E-state index in [1.54, 1.807) is 7.11 Å². The van der Waals surface area contributed by atoms with E-state index in [0.29, 0.717) is 0 Å². The molecule has 0 radical (unpaired) electrons. The van der Waals surface area contributed by atoms with Crippen LogP contribution in [0.2, 0.25) is 0 Å². The molecule has 0 spiro atoms. The zero-order valence-electron chi connectivity index (χ0n) is 7.93. The summed E-state index contributed by atoms with van der Waals surface area (Å²) in [6.45, 7) is 3.63. The van der Waals surface area contributed by atoms with Crippen molar-refractivity contribution in [3.05, 3.63) is 28.2 Å². The summed E-state index contributed by atoms with van der Waals surface area (Å²) in [4.78, 5) is 0. The van der Waals surface area contributed by atoms with Crippen molar-refractivity contribution in [3.8, 4) is 0 Å². The molecular formula is C10H14BrNO. The fourth-order valence-corrected chi connectivity index (χ4v) is 1.68. The lowest BCUT2D eigenvalue weighted by Crippen LogP contribution is -2.07. The first-order valence-corrected chi connectivity index (χ1v) is 5.02. The molecular weight excluding hydrogens is 230 g/mol. The Labute approximate surface area is 87.4 Å². The molecule has 0 bridgehead atoms. The molecule has 13 heavy (non-hydrogen) atoms. The molecule has 1 N–H and O–H groups in total. The van der Waals surface area contributed by atoms with Crippen LogP contribution in [0.15, 0.2) is 22.7 Å². The van der Waals surface area contributed by atoms with Crippen molar-refractivity contribution in [2.45, 2.75) is 6.92 Å². The summed E-state index contributed by atoms with van der Waals surface area (Å²) >= 11 is 3.50. The molecule has 1 rings (SSSR count). The van der Waals surface area contributed by atoms with E-state index in [0.717, 1.165) is 23.3 Å². The van der Waals surface area contributed by atoms with Crippen LogP contribution in [0.25, 0.3) is 0 Å². The second-order valence-electron chi connectivity index (χ2n) is 2.90. The van der Waals surface area contributed by atoms with Crippen LogP contribution in [0.4, 0.5) is 5.69 Å². The van der Waals surface area contributed by atoms with Gasteiger partial charge in [0.25, 0.3) is 0 Å². The molecule has 0 saturated carbocycles. The third kappa shape index (κ3) is 3.36. The molecule has 0 fully saturated rings. The number of hydrogen-bond acceptors (Lipinski definition) is 2. The van der Waals surface area contributed by atoms with Gasteiger partial charge >= 0.3 is 0 Å². The van der Waals surface area contributed by atoms with Crippen LogP contribution in [0.3, 0.4) is 0 Å². The van der Waals surface area contributed by atoms with Crippen LogP contribution in [0, 0.1) is 6.92 Å². The van der Waals surface area contributed by atoms with Gasteiger partial charge in [-0.1, -0.05) is 6.07 Å². The second kappa shape index (κ2) is 5.25. The third-order valence-electron chi connectivity index (χ3n) is 1.75. The topological polar surface area (TPSA) is 21.3 Å². The quantitative estimate of drug-likeness (QED) is 0.822. The minimum Gasteiger partial charge on any atom is -0.383 e. The van der Waals surface area contributed by atoms with E-state index in [-0.39, 0.29) is 0 Å². The van der Waals surface area contributed by atoms with Gasteiger partial charge in [-0.25, -0.2) is 0 Å². The molecule has 0 atom stereocenters. The summed E-state index contributed by atoms with van der Waals surface area (Å²) in [6, 6.07) is 6.24. The summed E-state index contributed by atoms with van der Waals surface area (Å²) in [5.41, 5.74) is 2.37. The third-order valence-corrected chi connectivity index (χ3v) is 2.40. The SMILES string of the molecule is COCCNc1ccc(C)cc1Br. The number of halogens is 1. The van der Waals surface area contributed by atoms with Crippen molar-refractivity contribution in [1.82, 2.24) is 0 Å². The van der Waals surface area contributed by atoms with Crippen molar-refractivity contribution in [2.24, 2.45) is 0 Å². The molecule has 0 aliphatic carbocycles. The fraction of sp³-hybridized carbons (Fsp3) is 0.400. The molecule has 0 aromatic heterocycles. The monoisotopic (exact) mass is 243 g/mol. The number of hydrogen-bond donors (Lipinski definition) is 1. The average molecular weight is 244 g/mol. The maximum atomic E-state index is 4.95. The summed E-state index contributed by atoms with van der Waals surface area (Å²) in [5.74, 6) is 0. The van der Waals surface area contributed by atoms with E-state index >= 15 is 0 Å². The average Bonchev–Trinajstić information content (AvgIpc) is 2.09. The number of anilines is 1. The Balaban J connectivity index is 2.56. The van der Waals surface area contributed by atoms with Gasteiger partial charge in [0.15, 0.2) is 0 Å². The van der Waals surface area contributed by atoms with Gasteiger partial charge in [-0.05, 0) is 40.5 Å². The normalized spacial score (nSPS) is 10.1. The van der Waals surface area contributed by atoms with Crippen molar-refractivity contribution in [2.75, 3.05) is 25.6 Å². The summed E-state index contributed by atoms with van der Waals surface area (Å²) in [7, 11) is 1.70. The molecule has 3 heteroatoms. The van der Waals surface area contributed by atoms with E-state index in [2.05, 4.69) is 46.4 Å². The van der Waals surface area contributed by atoms with Gasteiger partial charge in [0.1, 0.15) is 0 Å². The smallest absolute Gasteiger partial charge is 0.0635 e. The minimum absolute atomic E-state index is 0.723. The Morgan fingerprint density at radius 2 is 2.23 bits per heavy atom. The fourth-order valence-electron chi connectivity index (χ4n) is 1.05. The molecule has 0 aliphatic rings. The minimum atomic E-state index is 0.723. The molecule has 2 nitrogen and oxygen atoms in total. The molecule has 0 unspecified atom stereocenters. The Morgan fingerprint density at radius 1 is 1.46 bits per heavy atom. The largest absolute Gasteiger partial charge is 0.383 e. The van der Waals surface area contributed by atoms with Crippen molar-refractivity contribution in [3.63, 3.8) is 0 Å². The lowest BCUT2D eigenvalue weighted by molar-refractivity contribution is 0.211. The summed E-state index contributed by atoms with van der Waals surface area (Å²) in [5, 5.41) is 3.27. The van der Waals surface area contributed by atoms with E-state index in [1.165, 1.54) is 5.56 Å². The van der Waals surface area contributed by atoms with E-state index in [9.17, 15) is 0 Å². The highest BCUT2D eigenvalue weighted by Gasteiger charge is 1.97. The van der Waals surface area contributed by atoms with Crippen LogP contribution >= 0.6 is 15.9 Å². The number of methoxy groups -OCH3 is 1. The van der Waals surface area contributed by atoms with Crippen LogP contribution in [0.1, 0.15) is 5.56 Å². The first-order chi connectivity index (χ1) is 6.24. The van der Waals surface area contributed by atoms with Gasteiger partial charge in [-0.2, -0.15) is 0 Å². The van der Waals surface area contributed by atoms with Crippen LogP contribution in [-0.4, -0.2) is 20.3 Å². The molecule has 0 heterocycles. The van der Waals surface area contributed by atoms with E-state index < -0.39 is 0 Å².